The Hall–Kier alpha value is -5.99. The maximum absolute atomic E-state index is 12.0. The van der Waals surface area contributed by atoms with E-state index in [4.69, 9.17) is 9.97 Å². The number of aromatic hydroxyl groups is 1. The van der Waals surface area contributed by atoms with Gasteiger partial charge in [-0.2, -0.15) is 5.10 Å². The molecule has 0 saturated heterocycles. The van der Waals surface area contributed by atoms with Crippen LogP contribution < -0.4 is 5.19 Å². The molecular weight excluding hydrogens is 968 g/mol. The van der Waals surface area contributed by atoms with Crippen LogP contribution in [-0.2, 0) is 26.5 Å². The number of rotatable bonds is 7. The molecule has 0 radical (unpaired) electrons. The van der Waals surface area contributed by atoms with Crippen molar-refractivity contribution in [2.75, 3.05) is 0 Å². The number of para-hydroxylation sites is 1. The van der Waals surface area contributed by atoms with Crippen LogP contribution in [0.1, 0.15) is 26.3 Å². The van der Waals surface area contributed by atoms with Crippen molar-refractivity contribution < 1.29 is 26.2 Å². The summed E-state index contributed by atoms with van der Waals surface area (Å²) in [7, 11) is -1.72. The Morgan fingerprint density at radius 2 is 1.44 bits per heavy atom. The first-order chi connectivity index (χ1) is 28.9. The van der Waals surface area contributed by atoms with Crippen molar-refractivity contribution in [3.8, 4) is 67.5 Å². The van der Waals surface area contributed by atoms with Gasteiger partial charge in [-0.3, -0.25) is 9.55 Å². The zero-order valence-electron chi connectivity index (χ0n) is 34.7. The average molecular weight is 1010 g/mol. The molecule has 0 amide bonds. The molecule has 304 valence electrons. The summed E-state index contributed by atoms with van der Waals surface area (Å²) < 4.78 is 4.99. The summed E-state index contributed by atoms with van der Waals surface area (Å²) in [4.78, 5) is 15.7. The Morgan fingerprint density at radius 3 is 2.18 bits per heavy atom. The van der Waals surface area contributed by atoms with E-state index in [1.54, 1.807) is 12.4 Å². The number of thiazole rings is 1. The minimum Gasteiger partial charge on any atom is -0.507 e. The van der Waals surface area contributed by atoms with Crippen molar-refractivity contribution in [3.05, 3.63) is 158 Å². The van der Waals surface area contributed by atoms with Gasteiger partial charge in [-0.05, 0) is 52.4 Å². The Kier molecular flexibility index (Phi) is 10.3. The molecule has 4 aromatic heterocycles. The summed E-state index contributed by atoms with van der Waals surface area (Å²) in [5.41, 5.74) is 13.1. The average Bonchev–Trinajstić information content (AvgIpc) is 3.97. The molecule has 6 aromatic carbocycles. The number of aromatic nitrogens is 6. The summed E-state index contributed by atoms with van der Waals surface area (Å²) in [5.74, 6) is 0.724. The van der Waals surface area contributed by atoms with Gasteiger partial charge in [0.05, 0.1) is 40.6 Å². The normalized spacial score (nSPS) is 12.0. The molecule has 0 bridgehead atoms. The fourth-order valence-corrected chi connectivity index (χ4v) is 10.2. The maximum Gasteiger partial charge on any atom is 0.213 e. The molecule has 0 aliphatic heterocycles. The second-order valence-corrected chi connectivity index (χ2v) is 23.5. The van der Waals surface area contributed by atoms with Crippen molar-refractivity contribution in [2.45, 2.75) is 45.8 Å². The summed E-state index contributed by atoms with van der Waals surface area (Å²) in [6, 6.07) is 50.4. The van der Waals surface area contributed by atoms with Crippen molar-refractivity contribution in [2.24, 2.45) is 0 Å². The molecule has 10 heteroatoms. The number of phenols is 1. The maximum atomic E-state index is 12.0. The Balaban J connectivity index is 0.00000476. The molecular formula is C51H43N6OPtSSi-. The standard InChI is InChI=1S/C51H43N6OSSi.Pt/c1-51(2,3)37-27-35(26-36(28-37)41-29-34(24-25-52-41)32-14-9-7-10-15-32)39-18-13-19-43-47(39)55-49(46-44(58)22-23-45-48(46)57-50(59-45)53-31-54-57)56(43)42-21-20-38(60(4,5)6)30-40(42)33-16-11-8-12-17-33;/h7-25,27-31,58H,1-6H3;/q-1;. The molecule has 0 fully saturated rings. The van der Waals surface area contributed by atoms with Crippen LogP contribution in [0.15, 0.2) is 146 Å². The summed E-state index contributed by atoms with van der Waals surface area (Å²) in [6.07, 6.45) is 3.44. The van der Waals surface area contributed by atoms with Gasteiger partial charge >= 0.3 is 0 Å². The van der Waals surface area contributed by atoms with Crippen molar-refractivity contribution in [1.29, 1.82) is 0 Å². The number of imidazole rings is 1. The quantitative estimate of drug-likeness (QED) is 0.127. The van der Waals surface area contributed by atoms with Crippen LogP contribution >= 0.6 is 11.3 Å². The second-order valence-electron chi connectivity index (χ2n) is 17.4. The van der Waals surface area contributed by atoms with Gasteiger partial charge in [-0.15, -0.1) is 29.3 Å². The number of benzene rings is 6. The number of hydrogen-bond donors (Lipinski definition) is 1. The molecule has 0 saturated carbocycles. The minimum absolute atomic E-state index is 0. The molecule has 0 atom stereocenters. The Bertz CT molecular complexity index is 3250. The monoisotopic (exact) mass is 1010 g/mol. The molecule has 7 nitrogen and oxygen atoms in total. The van der Waals surface area contributed by atoms with Crippen LogP contribution in [-0.4, -0.2) is 42.3 Å². The number of fused-ring (bicyclic) bond motifs is 4. The SMILES string of the molecule is CC(C)(C)c1cc(-c2cc(-c3ccccc3)ccn2)[c-]c(-c2cccc3c2nc(-c2c(O)ccc4sc5ncnn5c24)n3-c2ccc([Si](C)(C)C)cc2-c2ccccc2)c1.[Pt]. The number of phenolic OH excluding ortho intramolecular Hbond substituents is 1. The van der Waals surface area contributed by atoms with Crippen LogP contribution in [0.2, 0.25) is 19.6 Å². The van der Waals surface area contributed by atoms with Gasteiger partial charge in [0, 0.05) is 38.5 Å². The third-order valence-corrected chi connectivity index (χ3v) is 14.4. The zero-order valence-corrected chi connectivity index (χ0v) is 38.8. The van der Waals surface area contributed by atoms with E-state index in [1.165, 1.54) is 16.5 Å². The first-order valence-corrected chi connectivity index (χ1v) is 24.5. The first kappa shape index (κ1) is 40.4. The van der Waals surface area contributed by atoms with E-state index < -0.39 is 8.07 Å². The van der Waals surface area contributed by atoms with Crippen molar-refractivity contribution in [3.63, 3.8) is 0 Å². The molecule has 10 rings (SSSR count). The van der Waals surface area contributed by atoms with E-state index in [1.807, 2.05) is 22.8 Å². The smallest absolute Gasteiger partial charge is 0.213 e. The van der Waals surface area contributed by atoms with Crippen LogP contribution in [0.3, 0.4) is 0 Å². The predicted molar refractivity (Wildman–Crippen MR) is 250 cm³/mol. The summed E-state index contributed by atoms with van der Waals surface area (Å²) in [6.45, 7) is 13.8. The molecule has 61 heavy (non-hydrogen) atoms. The van der Waals surface area contributed by atoms with Crippen LogP contribution in [0.4, 0.5) is 0 Å². The summed E-state index contributed by atoms with van der Waals surface area (Å²) >= 11 is 1.54. The van der Waals surface area contributed by atoms with Crippen LogP contribution in [0, 0.1) is 6.07 Å². The topological polar surface area (TPSA) is 81.1 Å². The fourth-order valence-electron chi connectivity index (χ4n) is 8.08. The molecule has 10 aromatic rings. The minimum atomic E-state index is -1.72. The van der Waals surface area contributed by atoms with E-state index in [9.17, 15) is 5.11 Å². The van der Waals surface area contributed by atoms with Gasteiger partial charge in [0.2, 0.25) is 4.96 Å². The fraction of sp³-hybridized carbons (Fsp3) is 0.137. The van der Waals surface area contributed by atoms with Gasteiger partial charge in [0.15, 0.2) is 5.82 Å². The van der Waals surface area contributed by atoms with Gasteiger partial charge in [-0.25, -0.2) is 14.5 Å². The van der Waals surface area contributed by atoms with Crippen LogP contribution in [0.5, 0.6) is 5.75 Å². The number of nitrogens with zero attached hydrogens (tertiary/aromatic N) is 6. The predicted octanol–water partition coefficient (Wildman–Crippen LogP) is 12.4. The second kappa shape index (κ2) is 15.5. The van der Waals surface area contributed by atoms with Gasteiger partial charge < -0.3 is 5.11 Å². The molecule has 0 aliphatic carbocycles. The third-order valence-electron chi connectivity index (χ3n) is 11.3. The molecule has 0 aliphatic rings. The molecule has 4 heterocycles. The zero-order chi connectivity index (χ0) is 41.3. The van der Waals surface area contributed by atoms with Crippen molar-refractivity contribution in [1.82, 2.24) is 29.1 Å². The van der Waals surface area contributed by atoms with Gasteiger partial charge in [0.25, 0.3) is 0 Å². The van der Waals surface area contributed by atoms with E-state index in [0.29, 0.717) is 11.4 Å². The van der Waals surface area contributed by atoms with E-state index >= 15 is 0 Å². The number of pyridine rings is 1. The largest absolute Gasteiger partial charge is 0.507 e. The molecule has 0 spiro atoms. The molecule has 1 N–H and O–H groups in total. The molecule has 0 unspecified atom stereocenters. The number of hydrogen-bond acceptors (Lipinski definition) is 6. The third kappa shape index (κ3) is 7.24. The van der Waals surface area contributed by atoms with Crippen LogP contribution in [0.25, 0.3) is 87.9 Å². The van der Waals surface area contributed by atoms with E-state index in [2.05, 4.69) is 176 Å². The Morgan fingerprint density at radius 1 is 0.705 bits per heavy atom. The first-order valence-electron chi connectivity index (χ1n) is 20.2. The van der Waals surface area contributed by atoms with E-state index in [0.717, 1.165) is 82.1 Å². The summed E-state index contributed by atoms with van der Waals surface area (Å²) in [5, 5.41) is 17.9. The van der Waals surface area contributed by atoms with Crippen molar-refractivity contribution >= 4 is 50.8 Å². The van der Waals surface area contributed by atoms with Gasteiger partial charge in [0.1, 0.15) is 12.1 Å². The van der Waals surface area contributed by atoms with Gasteiger partial charge in [-0.1, -0.05) is 159 Å². The van der Waals surface area contributed by atoms with E-state index in [-0.39, 0.29) is 32.2 Å². The Labute approximate surface area is 374 Å².